The van der Waals surface area contributed by atoms with Crippen molar-refractivity contribution in [1.82, 2.24) is 0 Å². The summed E-state index contributed by atoms with van der Waals surface area (Å²) in [4.78, 5) is 11.1. The lowest BCUT2D eigenvalue weighted by atomic mass is 10.2. The van der Waals surface area contributed by atoms with Gasteiger partial charge in [-0.15, -0.1) is 0 Å². The number of nitrogens with one attached hydrogen (secondary N) is 1. The van der Waals surface area contributed by atoms with Gasteiger partial charge in [0.05, 0.1) is 11.3 Å². The van der Waals surface area contributed by atoms with Gasteiger partial charge in [-0.05, 0) is 34.1 Å². The van der Waals surface area contributed by atoms with Crippen LogP contribution in [-0.4, -0.2) is 20.5 Å². The second-order valence-corrected chi connectivity index (χ2v) is 7.14. The van der Waals surface area contributed by atoms with Crippen molar-refractivity contribution >= 4 is 47.3 Å². The Morgan fingerprint density at radius 1 is 1.35 bits per heavy atom. The van der Waals surface area contributed by atoms with E-state index in [0.717, 1.165) is 6.07 Å². The Bertz CT molecular complexity index is 619. The fraction of sp³-hybridized carbons (Fsp3) is 0.300. The zero-order chi connectivity index (χ0) is 15.6. The Labute approximate surface area is 125 Å². The zero-order valence-corrected chi connectivity index (χ0v) is 12.8. The van der Waals surface area contributed by atoms with Gasteiger partial charge in [-0.2, -0.15) is 13.2 Å². The van der Waals surface area contributed by atoms with E-state index in [4.69, 9.17) is 10.7 Å². The molecule has 0 aromatic heterocycles. The third-order valence-corrected chi connectivity index (χ3v) is 4.41. The van der Waals surface area contributed by atoms with Gasteiger partial charge in [-0.25, -0.2) is 8.42 Å². The fourth-order valence-electron chi connectivity index (χ4n) is 1.26. The quantitative estimate of drug-likeness (QED) is 0.793. The van der Waals surface area contributed by atoms with Crippen LogP contribution in [0.15, 0.2) is 27.6 Å². The maximum atomic E-state index is 11.9. The number of carbonyl (C=O) groups is 1. The van der Waals surface area contributed by atoms with Gasteiger partial charge in [0, 0.05) is 27.3 Å². The minimum absolute atomic E-state index is 0.0983. The number of hydrogen-bond acceptors (Lipinski definition) is 3. The molecule has 0 aliphatic rings. The molecule has 1 aromatic carbocycles. The van der Waals surface area contributed by atoms with Crippen LogP contribution in [0, 0.1) is 0 Å². The van der Waals surface area contributed by atoms with Crippen molar-refractivity contribution in [2.45, 2.75) is 23.9 Å². The van der Waals surface area contributed by atoms with E-state index in [1.165, 1.54) is 12.1 Å². The van der Waals surface area contributed by atoms with Crippen molar-refractivity contribution < 1.29 is 26.4 Å². The molecule has 0 heterocycles. The molecule has 1 rings (SSSR count). The van der Waals surface area contributed by atoms with Crippen molar-refractivity contribution in [1.29, 1.82) is 0 Å². The first-order valence-corrected chi connectivity index (χ1v) is 8.20. The third-order valence-electron chi connectivity index (χ3n) is 2.11. The Morgan fingerprint density at radius 2 is 1.95 bits per heavy atom. The van der Waals surface area contributed by atoms with Crippen LogP contribution in [0.1, 0.15) is 12.8 Å². The molecule has 20 heavy (non-hydrogen) atoms. The highest BCUT2D eigenvalue weighted by Crippen LogP contribution is 2.28. The van der Waals surface area contributed by atoms with E-state index in [-0.39, 0.29) is 15.1 Å². The Morgan fingerprint density at radius 3 is 2.40 bits per heavy atom. The average Bonchev–Trinajstić information content (AvgIpc) is 2.23. The van der Waals surface area contributed by atoms with Crippen LogP contribution >= 0.6 is 26.6 Å². The number of carbonyl (C=O) groups excluding carboxylic acids is 1. The van der Waals surface area contributed by atoms with E-state index in [2.05, 4.69) is 21.2 Å². The number of anilines is 1. The van der Waals surface area contributed by atoms with Gasteiger partial charge >= 0.3 is 6.18 Å². The molecule has 112 valence electrons. The van der Waals surface area contributed by atoms with Crippen molar-refractivity contribution in [3.63, 3.8) is 0 Å². The summed E-state index contributed by atoms with van der Waals surface area (Å²) in [5.41, 5.74) is 0.160. The number of alkyl halides is 3. The number of hydrogen-bond donors (Lipinski definition) is 1. The standard InChI is InChI=1S/C10H8BrClF3NO3S/c11-7-5-6(1-2-8(7)20(12,18)19)16-9(17)3-4-10(13,14)15/h1-2,5H,3-4H2,(H,16,17). The first-order chi connectivity index (χ1) is 8.99. The first kappa shape index (κ1) is 17.3. The molecule has 1 aromatic rings. The minimum atomic E-state index is -4.41. The highest BCUT2D eigenvalue weighted by molar-refractivity contribution is 9.10. The summed E-state index contributed by atoms with van der Waals surface area (Å²) in [7, 11) is 1.21. The van der Waals surface area contributed by atoms with Gasteiger partial charge in [0.1, 0.15) is 0 Å². The van der Waals surface area contributed by atoms with Gasteiger partial charge in [-0.1, -0.05) is 0 Å². The monoisotopic (exact) mass is 393 g/mol. The summed E-state index contributed by atoms with van der Waals surface area (Å²) in [5.74, 6) is -0.823. The number of halogens is 5. The molecule has 0 spiro atoms. The molecule has 0 radical (unpaired) electrons. The van der Waals surface area contributed by atoms with Crippen LogP contribution in [0.25, 0.3) is 0 Å². The molecule has 1 N–H and O–H groups in total. The van der Waals surface area contributed by atoms with E-state index in [1.807, 2.05) is 0 Å². The minimum Gasteiger partial charge on any atom is -0.326 e. The normalized spacial score (nSPS) is 12.2. The molecule has 0 aliphatic carbocycles. The van der Waals surface area contributed by atoms with Crippen molar-refractivity contribution in [2.24, 2.45) is 0 Å². The highest BCUT2D eigenvalue weighted by atomic mass is 79.9. The van der Waals surface area contributed by atoms with Gasteiger partial charge in [-0.3, -0.25) is 4.79 Å². The molecule has 10 heteroatoms. The largest absolute Gasteiger partial charge is 0.389 e. The SMILES string of the molecule is O=C(CCC(F)(F)F)Nc1ccc(S(=O)(=O)Cl)c(Br)c1. The topological polar surface area (TPSA) is 63.2 Å². The molecular formula is C10H8BrClF3NO3S. The summed E-state index contributed by atoms with van der Waals surface area (Å²) in [5, 5.41) is 2.23. The molecule has 0 saturated carbocycles. The second kappa shape index (κ2) is 6.31. The van der Waals surface area contributed by atoms with Gasteiger partial charge in [0.25, 0.3) is 9.05 Å². The van der Waals surface area contributed by atoms with Gasteiger partial charge < -0.3 is 5.32 Å². The smallest absolute Gasteiger partial charge is 0.326 e. The van der Waals surface area contributed by atoms with Crippen molar-refractivity contribution in [2.75, 3.05) is 5.32 Å². The molecule has 0 unspecified atom stereocenters. The van der Waals surface area contributed by atoms with Gasteiger partial charge in [0.2, 0.25) is 5.91 Å². The lowest BCUT2D eigenvalue weighted by molar-refractivity contribution is -0.142. The van der Waals surface area contributed by atoms with Gasteiger partial charge in [0.15, 0.2) is 0 Å². The van der Waals surface area contributed by atoms with Crippen LogP contribution in [0.4, 0.5) is 18.9 Å². The highest BCUT2D eigenvalue weighted by Gasteiger charge is 2.27. The molecule has 0 bridgehead atoms. The molecule has 0 saturated heterocycles. The molecule has 1 amide bonds. The van der Waals surface area contributed by atoms with Crippen LogP contribution in [0.2, 0.25) is 0 Å². The summed E-state index contributed by atoms with van der Waals surface area (Å²) >= 11 is 2.95. The Kier molecular flexibility index (Phi) is 5.45. The summed E-state index contributed by atoms with van der Waals surface area (Å²) in [6, 6.07) is 3.60. The van der Waals surface area contributed by atoms with E-state index in [0.29, 0.717) is 0 Å². The molecule has 0 aliphatic heterocycles. The average molecular weight is 395 g/mol. The fourth-order valence-corrected chi connectivity index (χ4v) is 3.48. The number of benzene rings is 1. The summed E-state index contributed by atoms with van der Waals surface area (Å²) < 4.78 is 58.1. The van der Waals surface area contributed by atoms with E-state index in [1.54, 1.807) is 0 Å². The van der Waals surface area contributed by atoms with E-state index in [9.17, 15) is 26.4 Å². The predicted octanol–water partition coefficient (Wildman–Crippen LogP) is 3.66. The predicted molar refractivity (Wildman–Crippen MR) is 71.1 cm³/mol. The first-order valence-electron chi connectivity index (χ1n) is 5.10. The summed E-state index contributed by atoms with van der Waals surface area (Å²) in [6.07, 6.45) is -6.35. The maximum absolute atomic E-state index is 11.9. The number of amides is 1. The van der Waals surface area contributed by atoms with Crippen molar-refractivity contribution in [3.8, 4) is 0 Å². The third kappa shape index (κ3) is 5.68. The van der Waals surface area contributed by atoms with E-state index >= 15 is 0 Å². The lowest BCUT2D eigenvalue weighted by Crippen LogP contribution is -2.16. The molecular weight excluding hydrogens is 387 g/mol. The van der Waals surface area contributed by atoms with Crippen LogP contribution in [-0.2, 0) is 13.8 Å². The molecule has 4 nitrogen and oxygen atoms in total. The van der Waals surface area contributed by atoms with E-state index < -0.39 is 34.0 Å². The Hall–Kier alpha value is -0.800. The molecule has 0 atom stereocenters. The van der Waals surface area contributed by atoms with Crippen LogP contribution in [0.5, 0.6) is 0 Å². The number of rotatable bonds is 4. The second-order valence-electron chi connectivity index (χ2n) is 3.75. The van der Waals surface area contributed by atoms with Crippen LogP contribution < -0.4 is 5.32 Å². The zero-order valence-electron chi connectivity index (χ0n) is 9.67. The Balaban J connectivity index is 2.76. The van der Waals surface area contributed by atoms with Crippen LogP contribution in [0.3, 0.4) is 0 Å². The van der Waals surface area contributed by atoms with Crippen molar-refractivity contribution in [3.05, 3.63) is 22.7 Å². The lowest BCUT2D eigenvalue weighted by Gasteiger charge is -2.08. The molecule has 0 fully saturated rings. The maximum Gasteiger partial charge on any atom is 0.389 e. The summed E-state index contributed by atoms with van der Waals surface area (Å²) in [6.45, 7) is 0.